The Morgan fingerprint density at radius 3 is 2.76 bits per heavy atom. The minimum Gasteiger partial charge on any atom is -0.507 e. The molecule has 0 saturated heterocycles. The first-order chi connectivity index (χ1) is 8.15. The summed E-state index contributed by atoms with van der Waals surface area (Å²) in [5.41, 5.74) is -0.201. The second-order valence-electron chi connectivity index (χ2n) is 4.36. The molecule has 0 unspecified atom stereocenters. The van der Waals surface area contributed by atoms with Gasteiger partial charge in [0.2, 0.25) is 0 Å². The highest BCUT2D eigenvalue weighted by atomic mass is 19.1. The van der Waals surface area contributed by atoms with Crippen LogP contribution in [-0.4, -0.2) is 28.5 Å². The molecule has 0 spiro atoms. The molecule has 1 aromatic carbocycles. The minimum absolute atomic E-state index is 0.201. The van der Waals surface area contributed by atoms with Crippen molar-refractivity contribution in [3.8, 4) is 5.75 Å². The average Bonchev–Trinajstić information content (AvgIpc) is 3.09. The van der Waals surface area contributed by atoms with Gasteiger partial charge in [-0.25, -0.2) is 4.39 Å². The quantitative estimate of drug-likeness (QED) is 0.874. The van der Waals surface area contributed by atoms with E-state index in [1.165, 1.54) is 18.2 Å². The van der Waals surface area contributed by atoms with Crippen LogP contribution in [0.1, 0.15) is 36.5 Å². The topological polar surface area (TPSA) is 40.5 Å². The Morgan fingerprint density at radius 2 is 2.24 bits per heavy atom. The highest BCUT2D eigenvalue weighted by Gasteiger charge is 2.34. The fraction of sp³-hybridized carbons (Fsp3) is 0.462. The molecule has 0 atom stereocenters. The van der Waals surface area contributed by atoms with Gasteiger partial charge in [-0.15, -0.1) is 0 Å². The average molecular weight is 237 g/mol. The Morgan fingerprint density at radius 1 is 1.53 bits per heavy atom. The van der Waals surface area contributed by atoms with Crippen LogP contribution < -0.4 is 0 Å². The third kappa shape index (κ3) is 2.40. The molecule has 92 valence electrons. The van der Waals surface area contributed by atoms with Gasteiger partial charge in [-0.2, -0.15) is 0 Å². The van der Waals surface area contributed by atoms with E-state index in [2.05, 4.69) is 0 Å². The van der Waals surface area contributed by atoms with Crippen molar-refractivity contribution in [3.63, 3.8) is 0 Å². The first kappa shape index (κ1) is 11.9. The molecule has 0 aromatic heterocycles. The van der Waals surface area contributed by atoms with Crippen LogP contribution in [0.25, 0.3) is 0 Å². The van der Waals surface area contributed by atoms with Gasteiger partial charge in [0, 0.05) is 12.6 Å². The Kier molecular flexibility index (Phi) is 3.31. The monoisotopic (exact) mass is 237 g/mol. The molecule has 0 radical (unpaired) electrons. The Labute approximate surface area is 99.9 Å². The number of aromatic hydroxyl groups is 1. The number of carbonyl (C=O) groups excluding carboxylic acids is 1. The highest BCUT2D eigenvalue weighted by molar-refractivity contribution is 5.97. The van der Waals surface area contributed by atoms with Crippen LogP contribution in [0.15, 0.2) is 18.2 Å². The SMILES string of the molecule is CCCN(C(=O)c1c(O)cccc1F)C1CC1. The van der Waals surface area contributed by atoms with E-state index in [0.717, 1.165) is 19.3 Å². The zero-order valence-electron chi connectivity index (χ0n) is 9.82. The van der Waals surface area contributed by atoms with E-state index in [4.69, 9.17) is 0 Å². The standard InChI is InChI=1S/C13H16FNO2/c1-2-8-15(9-6-7-9)13(17)12-10(14)4-3-5-11(12)16/h3-5,9,16H,2,6-8H2,1H3. The van der Waals surface area contributed by atoms with Gasteiger partial charge in [-0.05, 0) is 31.4 Å². The van der Waals surface area contributed by atoms with Crippen LogP contribution in [0.3, 0.4) is 0 Å². The van der Waals surface area contributed by atoms with Gasteiger partial charge in [0.1, 0.15) is 17.1 Å². The summed E-state index contributed by atoms with van der Waals surface area (Å²) < 4.78 is 13.6. The predicted octanol–water partition coefficient (Wildman–Crippen LogP) is 2.55. The van der Waals surface area contributed by atoms with Gasteiger partial charge in [0.15, 0.2) is 0 Å². The number of hydrogen-bond acceptors (Lipinski definition) is 2. The minimum atomic E-state index is -0.656. The molecule has 17 heavy (non-hydrogen) atoms. The lowest BCUT2D eigenvalue weighted by atomic mass is 10.1. The van der Waals surface area contributed by atoms with E-state index >= 15 is 0 Å². The zero-order chi connectivity index (χ0) is 12.4. The summed E-state index contributed by atoms with van der Waals surface area (Å²) in [6, 6.07) is 4.15. The fourth-order valence-corrected chi connectivity index (χ4v) is 1.95. The maximum absolute atomic E-state index is 13.6. The van der Waals surface area contributed by atoms with Crippen LogP contribution >= 0.6 is 0 Å². The van der Waals surface area contributed by atoms with Gasteiger partial charge in [-0.1, -0.05) is 13.0 Å². The number of phenolic OH excluding ortho intramolecular Hbond substituents is 1. The second kappa shape index (κ2) is 4.73. The van der Waals surface area contributed by atoms with E-state index in [-0.39, 0.29) is 17.4 Å². The Bertz CT molecular complexity index is 409. The molecule has 1 saturated carbocycles. The molecule has 4 heteroatoms. The molecule has 0 aliphatic heterocycles. The fourth-order valence-electron chi connectivity index (χ4n) is 1.95. The number of nitrogens with zero attached hydrogens (tertiary/aromatic N) is 1. The van der Waals surface area contributed by atoms with Crippen molar-refractivity contribution in [2.45, 2.75) is 32.2 Å². The van der Waals surface area contributed by atoms with Crippen LogP contribution in [0.4, 0.5) is 4.39 Å². The summed E-state index contributed by atoms with van der Waals surface area (Å²) in [6.45, 7) is 2.58. The van der Waals surface area contributed by atoms with E-state index < -0.39 is 11.7 Å². The van der Waals surface area contributed by atoms with Crippen molar-refractivity contribution in [3.05, 3.63) is 29.6 Å². The molecule has 1 N–H and O–H groups in total. The van der Waals surface area contributed by atoms with Gasteiger partial charge in [0.25, 0.3) is 5.91 Å². The lowest BCUT2D eigenvalue weighted by molar-refractivity contribution is 0.0735. The molecule has 2 rings (SSSR count). The van der Waals surface area contributed by atoms with Crippen LogP contribution in [0.5, 0.6) is 5.75 Å². The molecular weight excluding hydrogens is 221 g/mol. The largest absolute Gasteiger partial charge is 0.507 e. The van der Waals surface area contributed by atoms with Crippen molar-refractivity contribution >= 4 is 5.91 Å². The molecule has 1 fully saturated rings. The van der Waals surface area contributed by atoms with Crippen molar-refractivity contribution in [2.75, 3.05) is 6.54 Å². The number of phenols is 1. The lowest BCUT2D eigenvalue weighted by Gasteiger charge is -2.22. The number of hydrogen-bond donors (Lipinski definition) is 1. The predicted molar refractivity (Wildman–Crippen MR) is 62.4 cm³/mol. The zero-order valence-corrected chi connectivity index (χ0v) is 9.82. The summed E-state index contributed by atoms with van der Waals surface area (Å²) in [4.78, 5) is 13.8. The molecule has 0 bridgehead atoms. The molecule has 1 aliphatic carbocycles. The molecule has 1 amide bonds. The van der Waals surface area contributed by atoms with Crippen molar-refractivity contribution in [1.29, 1.82) is 0 Å². The Hall–Kier alpha value is -1.58. The number of halogens is 1. The molecular formula is C13H16FNO2. The second-order valence-corrected chi connectivity index (χ2v) is 4.36. The van der Waals surface area contributed by atoms with Gasteiger partial charge < -0.3 is 10.0 Å². The normalized spacial score (nSPS) is 14.7. The van der Waals surface area contributed by atoms with Crippen LogP contribution in [0.2, 0.25) is 0 Å². The molecule has 1 aromatic rings. The number of amides is 1. The van der Waals surface area contributed by atoms with E-state index in [1.54, 1.807) is 4.90 Å². The molecule has 0 heterocycles. The maximum Gasteiger partial charge on any atom is 0.260 e. The van der Waals surface area contributed by atoms with Crippen LogP contribution in [-0.2, 0) is 0 Å². The van der Waals surface area contributed by atoms with E-state index in [0.29, 0.717) is 6.54 Å². The summed E-state index contributed by atoms with van der Waals surface area (Å²) in [6.07, 6.45) is 2.78. The summed E-state index contributed by atoms with van der Waals surface area (Å²) in [5, 5.41) is 9.59. The summed E-state index contributed by atoms with van der Waals surface area (Å²) in [5.74, 6) is -1.33. The van der Waals surface area contributed by atoms with E-state index in [9.17, 15) is 14.3 Å². The van der Waals surface area contributed by atoms with Crippen molar-refractivity contribution in [2.24, 2.45) is 0 Å². The molecule has 1 aliphatic rings. The first-order valence-electron chi connectivity index (χ1n) is 5.93. The van der Waals surface area contributed by atoms with Gasteiger partial charge in [-0.3, -0.25) is 4.79 Å². The number of rotatable bonds is 4. The third-order valence-corrected chi connectivity index (χ3v) is 2.92. The Balaban J connectivity index is 2.28. The third-order valence-electron chi connectivity index (χ3n) is 2.92. The lowest BCUT2D eigenvalue weighted by Crippen LogP contribution is -2.34. The highest BCUT2D eigenvalue weighted by Crippen LogP contribution is 2.30. The summed E-state index contributed by atoms with van der Waals surface area (Å²) >= 11 is 0. The van der Waals surface area contributed by atoms with Crippen LogP contribution in [0, 0.1) is 5.82 Å². The first-order valence-corrected chi connectivity index (χ1v) is 5.93. The van der Waals surface area contributed by atoms with Gasteiger partial charge in [0.05, 0.1) is 0 Å². The maximum atomic E-state index is 13.6. The molecule has 3 nitrogen and oxygen atoms in total. The smallest absolute Gasteiger partial charge is 0.260 e. The number of benzene rings is 1. The summed E-state index contributed by atoms with van der Waals surface area (Å²) in [7, 11) is 0. The number of carbonyl (C=O) groups is 1. The van der Waals surface area contributed by atoms with Gasteiger partial charge >= 0.3 is 0 Å². The van der Waals surface area contributed by atoms with Crippen molar-refractivity contribution < 1.29 is 14.3 Å². The van der Waals surface area contributed by atoms with Crippen molar-refractivity contribution in [1.82, 2.24) is 4.90 Å². The van der Waals surface area contributed by atoms with E-state index in [1.807, 2.05) is 6.92 Å².